The van der Waals surface area contributed by atoms with Gasteiger partial charge in [-0.05, 0) is 38.1 Å². The molecule has 30 heavy (non-hydrogen) atoms. The first-order chi connectivity index (χ1) is 14.5. The number of thiazole rings is 1. The molecule has 1 amide bonds. The molecule has 1 aromatic heterocycles. The third-order valence-electron chi connectivity index (χ3n) is 4.49. The molecule has 0 spiro atoms. The minimum absolute atomic E-state index is 0.0250. The van der Waals surface area contributed by atoms with Crippen molar-refractivity contribution in [2.24, 2.45) is 4.99 Å². The zero-order valence-electron chi connectivity index (χ0n) is 17.6. The molecule has 0 unspecified atom stereocenters. The number of nitrogens with zero attached hydrogens (tertiary/aromatic N) is 2. The SMILES string of the molecule is C=CCn1c(-c2ccc(C)cc2)c(NC(=O)CC)sc1=Nc1ccc(OCC)cc1. The fraction of sp³-hybridized carbons (Fsp3) is 0.250. The zero-order chi connectivity index (χ0) is 21.5. The number of amides is 1. The molecule has 1 N–H and O–H groups in total. The summed E-state index contributed by atoms with van der Waals surface area (Å²) in [7, 11) is 0. The van der Waals surface area contributed by atoms with E-state index < -0.39 is 0 Å². The molecule has 0 radical (unpaired) electrons. The minimum atomic E-state index is -0.0250. The van der Waals surface area contributed by atoms with Crippen LogP contribution in [0.5, 0.6) is 5.75 Å². The number of nitrogens with one attached hydrogen (secondary N) is 1. The summed E-state index contributed by atoms with van der Waals surface area (Å²) in [6.45, 7) is 11.0. The minimum Gasteiger partial charge on any atom is -0.494 e. The molecule has 0 bridgehead atoms. The Kier molecular flexibility index (Phi) is 7.25. The Morgan fingerprint density at radius 1 is 1.17 bits per heavy atom. The first-order valence-corrected chi connectivity index (χ1v) is 10.9. The van der Waals surface area contributed by atoms with Crippen LogP contribution in [0.3, 0.4) is 0 Å². The van der Waals surface area contributed by atoms with E-state index in [9.17, 15) is 4.79 Å². The highest BCUT2D eigenvalue weighted by molar-refractivity contribution is 7.14. The number of aryl methyl sites for hydroxylation is 1. The van der Waals surface area contributed by atoms with Crippen LogP contribution in [0.2, 0.25) is 0 Å². The van der Waals surface area contributed by atoms with Crippen LogP contribution in [0.4, 0.5) is 10.7 Å². The Morgan fingerprint density at radius 3 is 2.47 bits per heavy atom. The largest absolute Gasteiger partial charge is 0.494 e. The summed E-state index contributed by atoms with van der Waals surface area (Å²) >= 11 is 1.46. The van der Waals surface area contributed by atoms with Gasteiger partial charge in [0.05, 0.1) is 18.0 Å². The van der Waals surface area contributed by atoms with E-state index in [2.05, 4.69) is 47.7 Å². The van der Waals surface area contributed by atoms with Crippen molar-refractivity contribution < 1.29 is 9.53 Å². The van der Waals surface area contributed by atoms with Gasteiger partial charge in [-0.3, -0.25) is 4.79 Å². The van der Waals surface area contributed by atoms with E-state index in [1.54, 1.807) is 0 Å². The summed E-state index contributed by atoms with van der Waals surface area (Å²) in [5.41, 5.74) is 3.97. The third-order valence-corrected chi connectivity index (χ3v) is 5.49. The van der Waals surface area contributed by atoms with E-state index in [4.69, 9.17) is 9.73 Å². The lowest BCUT2D eigenvalue weighted by Crippen LogP contribution is -2.15. The second-order valence-electron chi connectivity index (χ2n) is 6.77. The zero-order valence-corrected chi connectivity index (χ0v) is 18.5. The van der Waals surface area contributed by atoms with Crippen LogP contribution in [0.25, 0.3) is 11.3 Å². The molecule has 0 aliphatic heterocycles. The predicted octanol–water partition coefficient (Wildman–Crippen LogP) is 5.69. The van der Waals surface area contributed by atoms with E-state index in [-0.39, 0.29) is 5.91 Å². The summed E-state index contributed by atoms with van der Waals surface area (Å²) in [6, 6.07) is 16.0. The molecule has 0 fully saturated rings. The van der Waals surface area contributed by atoms with Crippen molar-refractivity contribution in [3.05, 3.63) is 71.6 Å². The number of hydrogen-bond donors (Lipinski definition) is 1. The number of rotatable bonds is 8. The van der Waals surface area contributed by atoms with Crippen LogP contribution < -0.4 is 14.9 Å². The van der Waals surface area contributed by atoms with Crippen LogP contribution in [-0.2, 0) is 11.3 Å². The van der Waals surface area contributed by atoms with Crippen LogP contribution in [0.1, 0.15) is 25.8 Å². The molecule has 3 rings (SSSR count). The summed E-state index contributed by atoms with van der Waals surface area (Å²) in [6.07, 6.45) is 2.26. The number of hydrogen-bond acceptors (Lipinski definition) is 4. The topological polar surface area (TPSA) is 55.6 Å². The molecule has 5 nitrogen and oxygen atoms in total. The second kappa shape index (κ2) is 10.1. The number of benzene rings is 2. The Hall–Kier alpha value is -3.12. The van der Waals surface area contributed by atoms with Gasteiger partial charge in [0.2, 0.25) is 5.91 Å². The summed E-state index contributed by atoms with van der Waals surface area (Å²) in [5.74, 6) is 0.792. The lowest BCUT2D eigenvalue weighted by Gasteiger charge is -2.10. The monoisotopic (exact) mass is 421 g/mol. The van der Waals surface area contributed by atoms with Crippen molar-refractivity contribution in [1.29, 1.82) is 0 Å². The van der Waals surface area contributed by atoms with E-state index in [0.717, 1.165) is 32.5 Å². The first kappa shape index (κ1) is 21.6. The number of carbonyl (C=O) groups is 1. The Bertz CT molecular complexity index is 1080. The third kappa shape index (κ3) is 5.07. The number of ether oxygens (including phenoxy) is 1. The lowest BCUT2D eigenvalue weighted by atomic mass is 10.1. The molecule has 2 aromatic carbocycles. The molecular formula is C24H27N3O2S. The molecule has 3 aromatic rings. The summed E-state index contributed by atoms with van der Waals surface area (Å²) in [4.78, 5) is 17.8. The molecule has 0 saturated heterocycles. The normalized spacial score (nSPS) is 11.4. The van der Waals surface area contributed by atoms with Gasteiger partial charge in [-0.2, -0.15) is 0 Å². The molecule has 0 aliphatic carbocycles. The standard InChI is InChI=1S/C24H27N3O2S/c1-5-16-27-22(18-10-8-17(4)9-11-18)23(26-21(28)6-2)30-24(27)25-19-12-14-20(15-13-19)29-7-3/h5,8-15H,1,6-7,16H2,2-4H3,(H,26,28). The fourth-order valence-corrected chi connectivity index (χ4v) is 4.09. The number of allylic oxidation sites excluding steroid dienone is 1. The van der Waals surface area contributed by atoms with Gasteiger partial charge >= 0.3 is 0 Å². The number of anilines is 1. The quantitative estimate of drug-likeness (QED) is 0.475. The van der Waals surface area contributed by atoms with Crippen molar-refractivity contribution in [2.75, 3.05) is 11.9 Å². The Morgan fingerprint density at radius 2 is 1.87 bits per heavy atom. The van der Waals surface area contributed by atoms with E-state index >= 15 is 0 Å². The van der Waals surface area contributed by atoms with Crippen LogP contribution in [0.15, 0.2) is 66.2 Å². The summed E-state index contributed by atoms with van der Waals surface area (Å²) < 4.78 is 7.60. The van der Waals surface area contributed by atoms with E-state index in [1.807, 2.05) is 44.2 Å². The van der Waals surface area contributed by atoms with Crippen LogP contribution in [0, 0.1) is 6.92 Å². The molecule has 0 aliphatic rings. The second-order valence-corrected chi connectivity index (χ2v) is 7.75. The molecule has 1 heterocycles. The van der Waals surface area contributed by atoms with Gasteiger partial charge in [0, 0.05) is 18.5 Å². The van der Waals surface area contributed by atoms with Gasteiger partial charge in [-0.15, -0.1) is 6.58 Å². The number of carbonyl (C=O) groups excluding carboxylic acids is 1. The van der Waals surface area contributed by atoms with Gasteiger partial charge in [-0.1, -0.05) is 54.2 Å². The molecule has 156 valence electrons. The van der Waals surface area contributed by atoms with E-state index in [0.29, 0.717) is 19.6 Å². The highest BCUT2D eigenvalue weighted by Crippen LogP contribution is 2.32. The first-order valence-electron chi connectivity index (χ1n) is 10.0. The fourth-order valence-electron chi connectivity index (χ4n) is 2.99. The van der Waals surface area contributed by atoms with Crippen molar-refractivity contribution in [3.8, 4) is 17.0 Å². The predicted molar refractivity (Wildman–Crippen MR) is 124 cm³/mol. The maximum absolute atomic E-state index is 12.2. The highest BCUT2D eigenvalue weighted by Gasteiger charge is 2.17. The molecule has 6 heteroatoms. The van der Waals surface area contributed by atoms with Crippen LogP contribution >= 0.6 is 11.3 Å². The Labute approximate surface area is 181 Å². The van der Waals surface area contributed by atoms with Gasteiger partial charge in [0.25, 0.3) is 0 Å². The van der Waals surface area contributed by atoms with Crippen molar-refractivity contribution in [1.82, 2.24) is 4.57 Å². The van der Waals surface area contributed by atoms with Gasteiger partial charge in [-0.25, -0.2) is 4.99 Å². The average molecular weight is 422 g/mol. The molecule has 0 atom stereocenters. The maximum atomic E-state index is 12.2. The number of aromatic nitrogens is 1. The maximum Gasteiger partial charge on any atom is 0.224 e. The summed E-state index contributed by atoms with van der Waals surface area (Å²) in [5, 5.41) is 3.84. The van der Waals surface area contributed by atoms with Crippen molar-refractivity contribution in [3.63, 3.8) is 0 Å². The van der Waals surface area contributed by atoms with Crippen LogP contribution in [-0.4, -0.2) is 17.1 Å². The average Bonchev–Trinajstić information content (AvgIpc) is 3.07. The van der Waals surface area contributed by atoms with Crippen molar-refractivity contribution in [2.45, 2.75) is 33.7 Å². The molecule has 0 saturated carbocycles. The van der Waals surface area contributed by atoms with Gasteiger partial charge in [0.1, 0.15) is 10.8 Å². The lowest BCUT2D eigenvalue weighted by molar-refractivity contribution is -0.115. The molecular weight excluding hydrogens is 394 g/mol. The smallest absolute Gasteiger partial charge is 0.224 e. The van der Waals surface area contributed by atoms with Crippen molar-refractivity contribution >= 4 is 27.9 Å². The van der Waals surface area contributed by atoms with E-state index in [1.165, 1.54) is 16.9 Å². The van der Waals surface area contributed by atoms with Gasteiger partial charge < -0.3 is 14.6 Å². The highest BCUT2D eigenvalue weighted by atomic mass is 32.1. The van der Waals surface area contributed by atoms with Gasteiger partial charge in [0.15, 0.2) is 4.80 Å². The Balaban J connectivity index is 2.16.